The van der Waals surface area contributed by atoms with Gasteiger partial charge in [-0.15, -0.1) is 13.2 Å². The lowest BCUT2D eigenvalue weighted by Crippen LogP contribution is -2.17. The summed E-state index contributed by atoms with van der Waals surface area (Å²) < 4.78 is 70.4. The molecule has 0 N–H and O–H groups in total. The van der Waals surface area contributed by atoms with E-state index in [1.165, 1.54) is 36.5 Å². The molecule has 0 aromatic heterocycles. The summed E-state index contributed by atoms with van der Waals surface area (Å²) in [4.78, 5) is 0. The predicted molar refractivity (Wildman–Crippen MR) is 119 cm³/mol. The first-order valence-corrected chi connectivity index (χ1v) is 11.3. The van der Waals surface area contributed by atoms with Crippen LogP contribution in [-0.2, 0) is 19.3 Å². The Morgan fingerprint density at radius 1 is 0.818 bits per heavy atom. The lowest BCUT2D eigenvalue weighted by atomic mass is 9.82. The molecule has 0 aliphatic heterocycles. The summed E-state index contributed by atoms with van der Waals surface area (Å²) in [6, 6.07) is 12.7. The minimum absolute atomic E-state index is 0.155. The van der Waals surface area contributed by atoms with Gasteiger partial charge in [0.25, 0.3) is 0 Å². The van der Waals surface area contributed by atoms with Crippen LogP contribution in [-0.4, -0.2) is 6.36 Å². The highest BCUT2D eigenvalue weighted by molar-refractivity contribution is 5.78. The standard InChI is InChI=1S/C27H25F5O/c1-2-3-4-5-6-17-7-10-20-18(15-17)8-11-23-22(20)13-12-21(26(23)29)19-9-14-25(24(28)16-19)33-27(30,31)32/h7,9-10,12-16H,2-6,8,11H2,1H3. The number of unbranched alkanes of at least 4 members (excludes halogenated alkanes) is 3. The van der Waals surface area contributed by atoms with E-state index in [4.69, 9.17) is 0 Å². The molecule has 0 unspecified atom stereocenters. The summed E-state index contributed by atoms with van der Waals surface area (Å²) in [7, 11) is 0. The van der Waals surface area contributed by atoms with Gasteiger partial charge in [0, 0.05) is 5.56 Å². The van der Waals surface area contributed by atoms with Crippen molar-refractivity contribution < 1.29 is 26.7 Å². The highest BCUT2D eigenvalue weighted by atomic mass is 19.4. The molecule has 174 valence electrons. The second-order valence-electron chi connectivity index (χ2n) is 8.45. The van der Waals surface area contributed by atoms with E-state index in [9.17, 15) is 17.6 Å². The summed E-state index contributed by atoms with van der Waals surface area (Å²) in [5, 5.41) is 0. The Balaban J connectivity index is 1.60. The van der Waals surface area contributed by atoms with Crippen LogP contribution >= 0.6 is 0 Å². The van der Waals surface area contributed by atoms with Crippen molar-refractivity contribution in [1.29, 1.82) is 0 Å². The van der Waals surface area contributed by atoms with Crippen LogP contribution in [0.4, 0.5) is 22.0 Å². The smallest absolute Gasteiger partial charge is 0.403 e. The Morgan fingerprint density at radius 2 is 1.58 bits per heavy atom. The Morgan fingerprint density at radius 3 is 2.30 bits per heavy atom. The Bertz CT molecular complexity index is 1150. The molecule has 0 heterocycles. The zero-order valence-corrected chi connectivity index (χ0v) is 18.4. The molecule has 4 rings (SSSR count). The fraction of sp³-hybridized carbons (Fsp3) is 0.333. The fourth-order valence-corrected chi connectivity index (χ4v) is 4.50. The van der Waals surface area contributed by atoms with Crippen molar-refractivity contribution in [2.75, 3.05) is 0 Å². The van der Waals surface area contributed by atoms with Crippen molar-refractivity contribution in [1.82, 2.24) is 0 Å². The first-order chi connectivity index (χ1) is 15.8. The van der Waals surface area contributed by atoms with Crippen molar-refractivity contribution in [3.63, 3.8) is 0 Å². The SMILES string of the molecule is CCCCCCc1ccc2c(c1)CCc1c-2ccc(-c2ccc(OC(F)(F)F)c(F)c2)c1F. The van der Waals surface area contributed by atoms with E-state index in [1.807, 2.05) is 12.1 Å². The molecule has 6 heteroatoms. The third kappa shape index (κ3) is 5.21. The van der Waals surface area contributed by atoms with Gasteiger partial charge >= 0.3 is 6.36 Å². The zero-order chi connectivity index (χ0) is 23.6. The molecule has 1 aliphatic rings. The van der Waals surface area contributed by atoms with Crippen molar-refractivity contribution in [2.45, 2.75) is 58.2 Å². The number of halogens is 5. The minimum Gasteiger partial charge on any atom is -0.403 e. The third-order valence-electron chi connectivity index (χ3n) is 6.13. The Hall–Kier alpha value is -2.89. The maximum atomic E-state index is 15.4. The first-order valence-electron chi connectivity index (χ1n) is 11.3. The third-order valence-corrected chi connectivity index (χ3v) is 6.13. The molecule has 0 bridgehead atoms. The van der Waals surface area contributed by atoms with E-state index in [0.29, 0.717) is 18.4 Å². The number of fused-ring (bicyclic) bond motifs is 3. The average Bonchev–Trinajstić information content (AvgIpc) is 2.77. The van der Waals surface area contributed by atoms with Gasteiger partial charge in [0.2, 0.25) is 0 Å². The van der Waals surface area contributed by atoms with Crippen molar-refractivity contribution in [2.24, 2.45) is 0 Å². The maximum Gasteiger partial charge on any atom is 0.573 e. The van der Waals surface area contributed by atoms with Crippen LogP contribution in [0.25, 0.3) is 22.3 Å². The Kier molecular flexibility index (Phi) is 6.73. The Labute approximate surface area is 190 Å². The van der Waals surface area contributed by atoms with Crippen LogP contribution in [0.3, 0.4) is 0 Å². The molecule has 0 spiro atoms. The van der Waals surface area contributed by atoms with E-state index >= 15 is 4.39 Å². The van der Waals surface area contributed by atoms with Crippen molar-refractivity contribution >= 4 is 0 Å². The van der Waals surface area contributed by atoms with Crippen LogP contribution in [0, 0.1) is 11.6 Å². The van der Waals surface area contributed by atoms with Crippen LogP contribution in [0.1, 0.15) is 49.3 Å². The monoisotopic (exact) mass is 460 g/mol. The molecular formula is C27H25F5O. The van der Waals surface area contributed by atoms with Crippen molar-refractivity contribution in [3.05, 3.63) is 76.9 Å². The number of alkyl halides is 3. The average molecular weight is 460 g/mol. The predicted octanol–water partition coefficient (Wildman–Crippen LogP) is 8.42. The lowest BCUT2D eigenvalue weighted by Gasteiger charge is -2.22. The van der Waals surface area contributed by atoms with Gasteiger partial charge in [0.05, 0.1) is 0 Å². The van der Waals surface area contributed by atoms with Crippen molar-refractivity contribution in [3.8, 4) is 28.0 Å². The lowest BCUT2D eigenvalue weighted by molar-refractivity contribution is -0.275. The number of aryl methyl sites for hydroxylation is 2. The van der Waals surface area contributed by atoms with Gasteiger partial charge in [-0.25, -0.2) is 8.78 Å². The van der Waals surface area contributed by atoms with Gasteiger partial charge in [0.15, 0.2) is 11.6 Å². The van der Waals surface area contributed by atoms with E-state index in [-0.39, 0.29) is 11.1 Å². The molecule has 0 radical (unpaired) electrons. The molecule has 0 saturated carbocycles. The summed E-state index contributed by atoms with van der Waals surface area (Å²) in [5.41, 5.74) is 5.17. The van der Waals surface area contributed by atoms with Gasteiger partial charge < -0.3 is 4.74 Å². The molecule has 0 amide bonds. The highest BCUT2D eigenvalue weighted by Gasteiger charge is 2.32. The van der Waals surface area contributed by atoms with Gasteiger partial charge in [-0.1, -0.05) is 62.6 Å². The summed E-state index contributed by atoms with van der Waals surface area (Å²) in [5.74, 6) is -2.60. The van der Waals surface area contributed by atoms with E-state index in [1.54, 1.807) is 6.07 Å². The molecule has 1 nitrogen and oxygen atoms in total. The van der Waals surface area contributed by atoms with Crippen LogP contribution < -0.4 is 4.74 Å². The topological polar surface area (TPSA) is 9.23 Å². The van der Waals surface area contributed by atoms with Crippen LogP contribution in [0.5, 0.6) is 5.75 Å². The van der Waals surface area contributed by atoms with Gasteiger partial charge in [-0.05, 0) is 71.2 Å². The number of rotatable bonds is 7. The quantitative estimate of drug-likeness (QED) is 0.254. The molecular weight excluding hydrogens is 435 g/mol. The summed E-state index contributed by atoms with van der Waals surface area (Å²) in [6.07, 6.45) is 2.07. The summed E-state index contributed by atoms with van der Waals surface area (Å²) in [6.45, 7) is 2.19. The number of benzene rings is 3. The van der Waals surface area contributed by atoms with Gasteiger partial charge in [-0.3, -0.25) is 0 Å². The minimum atomic E-state index is -5.00. The van der Waals surface area contributed by atoms with Crippen LogP contribution in [0.2, 0.25) is 0 Å². The molecule has 33 heavy (non-hydrogen) atoms. The second kappa shape index (κ2) is 9.54. The number of ether oxygens (including phenoxy) is 1. The molecule has 0 fully saturated rings. The largest absolute Gasteiger partial charge is 0.573 e. The van der Waals surface area contributed by atoms with Gasteiger partial charge in [0.1, 0.15) is 5.82 Å². The van der Waals surface area contributed by atoms with Gasteiger partial charge in [-0.2, -0.15) is 0 Å². The van der Waals surface area contributed by atoms with E-state index in [0.717, 1.165) is 36.1 Å². The second-order valence-corrected chi connectivity index (χ2v) is 8.45. The molecule has 0 atom stereocenters. The normalized spacial score (nSPS) is 12.9. The fourth-order valence-electron chi connectivity index (χ4n) is 4.50. The molecule has 3 aromatic carbocycles. The number of hydrogen-bond acceptors (Lipinski definition) is 1. The zero-order valence-electron chi connectivity index (χ0n) is 18.4. The molecule has 3 aromatic rings. The first kappa shape index (κ1) is 23.3. The van der Waals surface area contributed by atoms with E-state index in [2.05, 4.69) is 23.8 Å². The maximum absolute atomic E-state index is 15.4. The van der Waals surface area contributed by atoms with Crippen LogP contribution in [0.15, 0.2) is 48.5 Å². The number of hydrogen-bond donors (Lipinski definition) is 0. The van der Waals surface area contributed by atoms with E-state index < -0.39 is 23.7 Å². The molecule has 0 saturated heterocycles. The molecule has 1 aliphatic carbocycles. The highest BCUT2D eigenvalue weighted by Crippen LogP contribution is 2.39. The summed E-state index contributed by atoms with van der Waals surface area (Å²) >= 11 is 0.